The molecule has 0 unspecified atom stereocenters. The van der Waals surface area contributed by atoms with Crippen LogP contribution in [0.15, 0.2) is 102 Å². The van der Waals surface area contributed by atoms with E-state index in [9.17, 15) is 0 Å². The van der Waals surface area contributed by atoms with Crippen molar-refractivity contribution in [3.05, 3.63) is 103 Å². The molecule has 4 heteroatoms. The Morgan fingerprint density at radius 1 is 0.714 bits per heavy atom. The van der Waals surface area contributed by atoms with Crippen LogP contribution in [0.4, 0.5) is 0 Å². The van der Waals surface area contributed by atoms with Crippen molar-refractivity contribution in [2.45, 2.75) is 26.3 Å². The Labute approximate surface area is 206 Å². The molecule has 0 N–H and O–H groups in total. The fourth-order valence-electron chi connectivity index (χ4n) is 4.75. The van der Waals surface area contributed by atoms with E-state index in [2.05, 4.69) is 98.8 Å². The molecule has 0 amide bonds. The van der Waals surface area contributed by atoms with Crippen molar-refractivity contribution in [3.63, 3.8) is 0 Å². The van der Waals surface area contributed by atoms with Gasteiger partial charge in [0.05, 0.1) is 0 Å². The van der Waals surface area contributed by atoms with Gasteiger partial charge in [0, 0.05) is 28.8 Å². The molecule has 5 aromatic carbocycles. The Kier molecular flexibility index (Phi) is 5.50. The van der Waals surface area contributed by atoms with E-state index in [1.165, 1.54) is 10.8 Å². The van der Waals surface area contributed by atoms with E-state index in [4.69, 9.17) is 14.3 Å². The Morgan fingerprint density at radius 3 is 1.86 bits per heavy atom. The van der Waals surface area contributed by atoms with E-state index in [0.29, 0.717) is 0 Å². The summed E-state index contributed by atoms with van der Waals surface area (Å²) in [5, 5.41) is 4.65. The number of benzene rings is 5. The highest BCUT2D eigenvalue weighted by atomic mass is 16.6. The molecule has 0 radical (unpaired) electrons. The first-order chi connectivity index (χ1) is 17.2. The van der Waals surface area contributed by atoms with Crippen molar-refractivity contribution in [2.75, 3.05) is 0 Å². The maximum atomic E-state index is 6.67. The van der Waals surface area contributed by atoms with Crippen LogP contribution in [0, 0.1) is 0 Å². The minimum Gasteiger partial charge on any atom is -0.521 e. The van der Waals surface area contributed by atoms with Gasteiger partial charge in [-0.3, -0.25) is 4.99 Å². The van der Waals surface area contributed by atoms with Crippen LogP contribution in [-0.4, -0.2) is 19.4 Å². The maximum absolute atomic E-state index is 6.67. The van der Waals surface area contributed by atoms with Crippen LogP contribution < -0.4 is 14.8 Å². The highest BCUT2D eigenvalue weighted by Gasteiger charge is 2.34. The van der Waals surface area contributed by atoms with Gasteiger partial charge in [0.2, 0.25) is 0 Å². The second-order valence-corrected chi connectivity index (χ2v) is 9.05. The lowest BCUT2D eigenvalue weighted by Gasteiger charge is -2.16. The monoisotopic (exact) mass is 455 g/mol. The third-order valence-electron chi connectivity index (χ3n) is 6.81. The third kappa shape index (κ3) is 3.85. The molecule has 0 saturated heterocycles. The van der Waals surface area contributed by atoms with Gasteiger partial charge >= 0.3 is 7.12 Å². The van der Waals surface area contributed by atoms with Crippen LogP contribution >= 0.6 is 0 Å². The zero-order valence-electron chi connectivity index (χ0n) is 19.9. The van der Waals surface area contributed by atoms with E-state index in [0.717, 1.165) is 50.8 Å². The Hall–Kier alpha value is -4.05. The molecule has 0 saturated carbocycles. The van der Waals surface area contributed by atoms with E-state index in [1.54, 1.807) is 0 Å². The van der Waals surface area contributed by atoms with Crippen molar-refractivity contribution >= 4 is 40.3 Å². The Bertz CT molecular complexity index is 1490. The van der Waals surface area contributed by atoms with Gasteiger partial charge in [0.25, 0.3) is 0 Å². The van der Waals surface area contributed by atoms with Crippen molar-refractivity contribution in [1.29, 1.82) is 0 Å². The minimum atomic E-state index is -0.600. The molecule has 35 heavy (non-hydrogen) atoms. The number of hydrogen-bond acceptors (Lipinski definition) is 3. The molecule has 1 aliphatic heterocycles. The molecule has 6 rings (SSSR count). The highest BCUT2D eigenvalue weighted by Crippen LogP contribution is 2.47. The normalized spacial score (nSPS) is 13.7. The molecule has 1 aliphatic rings. The molecule has 3 nitrogen and oxygen atoms in total. The molecular formula is C31H26BNO2. The Balaban J connectivity index is 1.59. The first kappa shape index (κ1) is 21.5. The summed E-state index contributed by atoms with van der Waals surface area (Å²) in [6, 6.07) is 33.8. The van der Waals surface area contributed by atoms with E-state index >= 15 is 0 Å². The molecule has 0 bridgehead atoms. The number of hydrogen-bond donors (Lipinski definition) is 0. The molecule has 1 heterocycles. The Morgan fingerprint density at radius 2 is 1.26 bits per heavy atom. The fraction of sp³-hybridized carbons (Fsp3) is 0.129. The largest absolute Gasteiger partial charge is 0.633 e. The van der Waals surface area contributed by atoms with Crippen LogP contribution in [0.1, 0.15) is 25.8 Å². The second kappa shape index (κ2) is 8.96. The molecule has 1 atom stereocenters. The predicted octanol–water partition coefficient (Wildman–Crippen LogP) is 7.04. The van der Waals surface area contributed by atoms with Gasteiger partial charge in [-0.2, -0.15) is 0 Å². The van der Waals surface area contributed by atoms with Crippen LogP contribution in [0.3, 0.4) is 0 Å². The van der Waals surface area contributed by atoms with Crippen molar-refractivity contribution in [2.24, 2.45) is 4.99 Å². The van der Waals surface area contributed by atoms with Gasteiger partial charge in [-0.25, -0.2) is 0 Å². The third-order valence-corrected chi connectivity index (χ3v) is 6.81. The van der Waals surface area contributed by atoms with E-state index in [1.807, 2.05) is 18.3 Å². The van der Waals surface area contributed by atoms with Crippen LogP contribution in [0.2, 0.25) is 0 Å². The summed E-state index contributed by atoms with van der Waals surface area (Å²) < 4.78 is 13.3. The topological polar surface area (TPSA) is 30.8 Å². The van der Waals surface area contributed by atoms with Gasteiger partial charge in [0.1, 0.15) is 11.5 Å². The van der Waals surface area contributed by atoms with Crippen molar-refractivity contribution in [3.8, 4) is 22.6 Å². The molecule has 170 valence electrons. The molecule has 0 fully saturated rings. The molecule has 5 aromatic rings. The molecule has 0 aliphatic carbocycles. The summed E-state index contributed by atoms with van der Waals surface area (Å²) in [6.45, 7) is 4.27. The summed E-state index contributed by atoms with van der Waals surface area (Å²) in [7, 11) is -0.600. The van der Waals surface area contributed by atoms with Gasteiger partial charge < -0.3 is 9.31 Å². The average Bonchev–Trinajstić information content (AvgIpc) is 3.09. The smallest absolute Gasteiger partial charge is 0.521 e. The first-order valence-corrected chi connectivity index (χ1v) is 12.2. The van der Waals surface area contributed by atoms with Crippen LogP contribution in [0.25, 0.3) is 32.7 Å². The first-order valence-electron chi connectivity index (χ1n) is 12.2. The van der Waals surface area contributed by atoms with Crippen molar-refractivity contribution in [1.82, 2.24) is 0 Å². The number of nitrogens with zero attached hydrogens (tertiary/aromatic N) is 1. The van der Waals surface area contributed by atoms with E-state index in [-0.39, 0.29) is 6.04 Å². The summed E-state index contributed by atoms with van der Waals surface area (Å²) in [5.74, 6) is 1.63. The summed E-state index contributed by atoms with van der Waals surface area (Å²) in [6.07, 6.45) is 2.94. The maximum Gasteiger partial charge on any atom is 0.633 e. The lowest BCUT2D eigenvalue weighted by atomic mass is 9.75. The molecule has 0 spiro atoms. The van der Waals surface area contributed by atoms with Gasteiger partial charge in [-0.15, -0.1) is 0 Å². The highest BCUT2D eigenvalue weighted by molar-refractivity contribution is 6.64. The lowest BCUT2D eigenvalue weighted by molar-refractivity contribution is 0.448. The zero-order valence-corrected chi connectivity index (χ0v) is 19.9. The van der Waals surface area contributed by atoms with Crippen LogP contribution in [0.5, 0.6) is 11.5 Å². The number of rotatable bonds is 4. The van der Waals surface area contributed by atoms with Crippen molar-refractivity contribution < 1.29 is 9.31 Å². The number of aliphatic imine (C=N–C) groups is 1. The van der Waals surface area contributed by atoms with Crippen LogP contribution in [-0.2, 0) is 0 Å². The quantitative estimate of drug-likeness (QED) is 0.215. The van der Waals surface area contributed by atoms with Gasteiger partial charge in [0.15, 0.2) is 0 Å². The lowest BCUT2D eigenvalue weighted by Crippen LogP contribution is -2.44. The van der Waals surface area contributed by atoms with E-state index < -0.39 is 7.12 Å². The summed E-state index contributed by atoms with van der Waals surface area (Å²) in [5.41, 5.74) is 4.11. The summed E-state index contributed by atoms with van der Waals surface area (Å²) >= 11 is 0. The summed E-state index contributed by atoms with van der Waals surface area (Å²) in [4.78, 5) is 4.73. The standard InChI is InChI=1S/C31H26BNO2/c1-3-21(2)33-20-24-12-6-9-15-27(24)32-34-28-18-16-22-10-4-7-13-25(22)30(28)31-26-14-8-5-11-23(26)17-19-29(31)35-32/h4-21H,3H2,1-2H3/t21-/m0/s1. The average molecular weight is 455 g/mol. The predicted molar refractivity (Wildman–Crippen MR) is 147 cm³/mol. The molecular weight excluding hydrogens is 429 g/mol. The number of fused-ring (bicyclic) bond motifs is 7. The molecule has 0 aromatic heterocycles. The SMILES string of the molecule is CC[C@H](C)N=Cc1ccccc1B1Oc2ccc3ccccc3c2-c2c(ccc3ccccc23)O1. The fourth-order valence-corrected chi connectivity index (χ4v) is 4.75. The van der Waals surface area contributed by atoms with Gasteiger partial charge in [-0.05, 0) is 52.6 Å². The van der Waals surface area contributed by atoms with Gasteiger partial charge in [-0.1, -0.05) is 91.9 Å². The minimum absolute atomic E-state index is 0.262. The second-order valence-electron chi connectivity index (χ2n) is 9.05. The zero-order chi connectivity index (χ0) is 23.8.